The van der Waals surface area contributed by atoms with Gasteiger partial charge in [-0.2, -0.15) is 4.98 Å². The minimum absolute atomic E-state index is 0.00540. The normalized spacial score (nSPS) is 31.2. The molecule has 98 heavy (non-hydrogen) atoms. The molecule has 11 rings (SSSR count). The van der Waals surface area contributed by atoms with Gasteiger partial charge in [0.15, 0.2) is 53.7 Å². The molecule has 0 amide bonds. The van der Waals surface area contributed by atoms with Crippen LogP contribution in [0.15, 0.2) is 52.0 Å². The van der Waals surface area contributed by atoms with Crippen molar-refractivity contribution in [1.82, 2.24) is 58.6 Å². The Labute approximate surface area is 547 Å². The Kier molecular flexibility index (Phi) is 21.2. The summed E-state index contributed by atoms with van der Waals surface area (Å²) in [6.45, 7) is -1.99. The number of rotatable bonds is 28. The zero-order valence-corrected chi connectivity index (χ0v) is 55.4. The van der Waals surface area contributed by atoms with Gasteiger partial charge < -0.3 is 127 Å². The van der Waals surface area contributed by atoms with Gasteiger partial charge in [0.2, 0.25) is 5.95 Å². The Morgan fingerprint density at radius 3 is 1.57 bits per heavy atom. The molecule has 48 nitrogen and oxygen atoms in total. The summed E-state index contributed by atoms with van der Waals surface area (Å²) in [4.78, 5) is 140. The van der Waals surface area contributed by atoms with Crippen LogP contribution in [0.25, 0.3) is 22.3 Å². The van der Waals surface area contributed by atoms with Crippen molar-refractivity contribution >= 4 is 90.5 Å². The third-order valence-electron chi connectivity index (χ3n) is 15.3. The van der Waals surface area contributed by atoms with Crippen LogP contribution in [0.2, 0.25) is 0 Å². The Morgan fingerprint density at radius 1 is 0.592 bits per heavy atom. The lowest BCUT2D eigenvalue weighted by Gasteiger charge is -2.35. The van der Waals surface area contributed by atoms with Gasteiger partial charge in [-0.3, -0.25) is 56.1 Å². The standard InChI is InChI=1S/C45H64N17O31P5/c1-17(2)85-29-19(87-41(28(29)66)60-14-53-23-34(46)49-12-51-36(23)60)9-81-94(69,70)90-30-20(88-42(32(30)79-4)59-7-6-22(63)55-45(59)68)10-82-95(71,72)91-31-21(89-43(33(31)80-5)61-15-54-24-35(47)50-13-52-37(24)61)11-84-97(75,76)93-98(77,78)92-96(73,74)83-8-18-26(64)27(65)40(86-18)62-16-58(3)25-38(62)56-44(48)57-39(25)67/h6-7,12-15,17-21,26-33,40-43,64-66H,8-11,16H2,1-5H3,(H,69,70)(H,71,72)(H,73,74)(H,75,76)(H,77,78)(H2,46,49,51)(H2,47,50,52)(H,55,63,68)(H3,48,56,57,67)/p-5/t18-,19-,20-,21-,26+,27?,28+,29?,30?,31?,32+,33+,40-,41-,42-,43-/m1/s1. The van der Waals surface area contributed by atoms with E-state index >= 15 is 0 Å². The van der Waals surface area contributed by atoms with E-state index in [1.807, 2.05) is 4.98 Å². The van der Waals surface area contributed by atoms with Gasteiger partial charge in [-0.25, -0.2) is 43.3 Å². The van der Waals surface area contributed by atoms with Crippen LogP contribution in [-0.2, 0) is 91.7 Å². The third-order valence-corrected chi connectivity index (χ3v) is 21.4. The quantitative estimate of drug-likeness (QED) is 0.0212. The highest BCUT2D eigenvalue weighted by molar-refractivity contribution is 7.65. The first-order chi connectivity index (χ1) is 46.1. The number of methoxy groups -OCH3 is 2. The number of nitrogens with two attached hydrogens (primary N) is 3. The molecule has 21 atom stereocenters. The summed E-state index contributed by atoms with van der Waals surface area (Å²) in [6, 6.07) is 0.872. The van der Waals surface area contributed by atoms with E-state index in [1.54, 1.807) is 13.8 Å². The Balaban J connectivity index is 0.781. The van der Waals surface area contributed by atoms with Gasteiger partial charge in [-0.15, -0.1) is 0 Å². The molecule has 6 aromatic rings. The number of nitrogens with one attached hydrogen (secondary N) is 2. The molecule has 0 saturated carbocycles. The van der Waals surface area contributed by atoms with Crippen molar-refractivity contribution in [2.24, 2.45) is 0 Å². The number of aromatic amines is 2. The molecule has 53 heteroatoms. The summed E-state index contributed by atoms with van der Waals surface area (Å²) in [5.41, 5.74) is 15.0. The second-order valence-electron chi connectivity index (χ2n) is 22.1. The van der Waals surface area contributed by atoms with Gasteiger partial charge in [0.1, 0.15) is 103 Å². The van der Waals surface area contributed by atoms with Crippen LogP contribution in [0.5, 0.6) is 0 Å². The fraction of sp³-hybridized carbons (Fsp3) is 0.600. The molecule has 0 aliphatic carbocycles. The Bertz CT molecular complexity index is 4360. The number of nitrogens with zero attached hydrogens (tertiary/aromatic N) is 12. The van der Waals surface area contributed by atoms with Crippen molar-refractivity contribution in [1.29, 1.82) is 0 Å². The molecule has 0 bridgehead atoms. The summed E-state index contributed by atoms with van der Waals surface area (Å²) in [6.07, 6.45) is -23.2. The zero-order chi connectivity index (χ0) is 70.9. The number of anilines is 5. The Hall–Kier alpha value is -6.11. The average molecular weight is 1490 g/mol. The number of aliphatic hydroxyl groups excluding tert-OH is 3. The average Bonchev–Trinajstić information content (AvgIpc) is 1.62. The van der Waals surface area contributed by atoms with Crippen molar-refractivity contribution in [3.63, 3.8) is 0 Å². The molecule has 5 aliphatic rings. The summed E-state index contributed by atoms with van der Waals surface area (Å²) in [5.74, 6) is -0.615. The Morgan fingerprint density at radius 2 is 1.06 bits per heavy atom. The number of ether oxygens (including phenoxy) is 7. The monoisotopic (exact) mass is 1490 g/mol. The number of hydrogen-bond acceptors (Lipinski definition) is 43. The minimum Gasteiger partial charge on any atom is -0.756 e. The van der Waals surface area contributed by atoms with Crippen molar-refractivity contribution in [3.8, 4) is 0 Å². The first-order valence-corrected chi connectivity index (χ1v) is 35.7. The lowest BCUT2D eigenvalue weighted by atomic mass is 10.1. The minimum atomic E-state index is -6.69. The van der Waals surface area contributed by atoms with E-state index < -0.39 is 187 Å². The van der Waals surface area contributed by atoms with E-state index in [2.05, 4.69) is 53.0 Å². The number of imidazole rings is 2. The third kappa shape index (κ3) is 15.4. The van der Waals surface area contributed by atoms with E-state index in [1.165, 1.54) is 27.7 Å². The summed E-state index contributed by atoms with van der Waals surface area (Å²) in [7, 11) is -27.8. The highest BCUT2D eigenvalue weighted by Gasteiger charge is 2.54. The number of aromatic nitrogens is 12. The van der Waals surface area contributed by atoms with Crippen molar-refractivity contribution in [2.75, 3.05) is 81.4 Å². The van der Waals surface area contributed by atoms with Crippen molar-refractivity contribution in [3.05, 3.63) is 68.8 Å². The molecule has 6 aromatic heterocycles. The molecule has 11 N–H and O–H groups in total. The van der Waals surface area contributed by atoms with E-state index in [0.29, 0.717) is 0 Å². The van der Waals surface area contributed by atoms with Crippen LogP contribution in [0.1, 0.15) is 32.5 Å². The number of nitrogen functional groups attached to an aromatic ring is 3. The summed E-state index contributed by atoms with van der Waals surface area (Å²) >= 11 is 0. The van der Waals surface area contributed by atoms with Gasteiger partial charge in [-0.1, -0.05) is 0 Å². The number of fused-ring (bicyclic) bond motifs is 3. The molecule has 5 aliphatic heterocycles. The van der Waals surface area contributed by atoms with Crippen LogP contribution in [0, 0.1) is 0 Å². The molecule has 11 heterocycles. The van der Waals surface area contributed by atoms with Crippen LogP contribution in [0.4, 0.5) is 29.1 Å². The molecular formula is C45H59N17O31P5-5. The fourth-order valence-corrected chi connectivity index (χ4v) is 16.5. The smallest absolute Gasteiger partial charge is 0.330 e. The molecular weight excluding hydrogens is 1430 g/mol. The fourth-order valence-electron chi connectivity index (χ4n) is 11.2. The van der Waals surface area contributed by atoms with Crippen LogP contribution in [-0.4, -0.2) is 214 Å². The van der Waals surface area contributed by atoms with Crippen LogP contribution in [0.3, 0.4) is 0 Å². The highest BCUT2D eigenvalue weighted by Crippen LogP contribution is 2.63. The number of phosphoric acid groups is 5. The maximum atomic E-state index is 14.2. The zero-order valence-electron chi connectivity index (χ0n) is 50.9. The molecule has 0 radical (unpaired) electrons. The van der Waals surface area contributed by atoms with Gasteiger partial charge in [0, 0.05) is 33.5 Å². The largest absolute Gasteiger partial charge is 0.756 e. The second-order valence-corrected chi connectivity index (χ2v) is 29.4. The van der Waals surface area contributed by atoms with E-state index in [4.69, 9.17) is 73.0 Å². The number of hydrogen-bond donors (Lipinski definition) is 8. The van der Waals surface area contributed by atoms with Gasteiger partial charge in [0.05, 0.1) is 51.9 Å². The SMILES string of the molecule is CO[C@H]1C(OP(=O)([O-])OC[C@H]2O[C@@H](n3cnc4c(N)ncnc43)[C@@H](O)C2OC(C)C)[C@@H](COP(=O)([O-])OC2[C@@H](COP(=O)([O-])OP(=O)([O-])OP(=O)([O-])OC[C@H]3O[C@@H](N4CN(C)c5c4nc(N)[nH]c5=O)C(O)[C@H]3O)O[C@@H](n3cnc4c(N)ncnc43)[C@H]2OC)O[C@H]1n1ccc(=O)[nH]c1=O. The number of phosphoric ester groups is 4. The van der Waals surface area contributed by atoms with Crippen LogP contribution < -0.4 is 68.3 Å². The van der Waals surface area contributed by atoms with Gasteiger partial charge in [-0.05, 0) is 13.8 Å². The van der Waals surface area contributed by atoms with Crippen molar-refractivity contribution < 1.29 is 132 Å². The van der Waals surface area contributed by atoms with E-state index in [9.17, 15) is 77.0 Å². The first kappa shape index (κ1) is 73.1. The van der Waals surface area contributed by atoms with Gasteiger partial charge >= 0.3 is 5.69 Å². The van der Waals surface area contributed by atoms with E-state index in [-0.39, 0.29) is 58.1 Å². The predicted molar refractivity (Wildman–Crippen MR) is 310 cm³/mol. The van der Waals surface area contributed by atoms with Crippen molar-refractivity contribution in [2.45, 2.75) is 118 Å². The molecule has 4 saturated heterocycles. The maximum Gasteiger partial charge on any atom is 0.330 e. The second kappa shape index (κ2) is 28.4. The van der Waals surface area contributed by atoms with Crippen LogP contribution >= 0.6 is 39.1 Å². The maximum absolute atomic E-state index is 14.2. The molecule has 4 fully saturated rings. The molecule has 9 unspecified atom stereocenters. The highest BCUT2D eigenvalue weighted by atomic mass is 31.3. The predicted octanol–water partition coefficient (Wildman–Crippen LogP) is -6.50. The number of aliphatic hydroxyl groups is 3. The topological polar surface area (TPSA) is 672 Å². The molecule has 0 spiro atoms. The molecule has 540 valence electrons. The summed E-state index contributed by atoms with van der Waals surface area (Å²) < 4.78 is 150. The summed E-state index contributed by atoms with van der Waals surface area (Å²) in [5, 5.41) is 33.1. The first-order valence-electron chi connectivity index (χ1n) is 28.4. The lowest BCUT2D eigenvalue weighted by molar-refractivity contribution is -0.253. The van der Waals surface area contributed by atoms with Gasteiger partial charge in [0.25, 0.3) is 50.2 Å². The van der Waals surface area contributed by atoms with E-state index in [0.717, 1.165) is 54.6 Å². The lowest BCUT2D eigenvalue weighted by Crippen LogP contribution is -2.45. The number of H-pyrrole nitrogens is 2. The molecule has 0 aromatic carbocycles.